The van der Waals surface area contributed by atoms with E-state index in [1.165, 1.54) is 21.2 Å². The molecular formula is C30H36N2O4S. The average molecular weight is 521 g/mol. The van der Waals surface area contributed by atoms with Gasteiger partial charge in [0, 0.05) is 62.5 Å². The van der Waals surface area contributed by atoms with Crippen molar-refractivity contribution in [3.8, 4) is 0 Å². The van der Waals surface area contributed by atoms with Crippen molar-refractivity contribution < 1.29 is 19.4 Å². The van der Waals surface area contributed by atoms with Crippen molar-refractivity contribution in [3.05, 3.63) is 82.9 Å². The first-order chi connectivity index (χ1) is 18.2. The Labute approximate surface area is 223 Å². The summed E-state index contributed by atoms with van der Waals surface area (Å²) in [5, 5.41) is 13.0. The third-order valence-electron chi connectivity index (χ3n) is 7.40. The second-order valence-electron chi connectivity index (χ2n) is 9.77. The molecule has 0 bridgehead atoms. The van der Waals surface area contributed by atoms with Gasteiger partial charge in [-0.25, -0.2) is 0 Å². The van der Waals surface area contributed by atoms with Crippen LogP contribution in [0.15, 0.2) is 71.8 Å². The van der Waals surface area contributed by atoms with E-state index in [9.17, 15) is 9.90 Å². The molecule has 6 nitrogen and oxygen atoms in total. The highest BCUT2D eigenvalue weighted by Crippen LogP contribution is 2.43. The first-order valence-electron chi connectivity index (χ1n) is 13.3. The Morgan fingerprint density at radius 2 is 1.84 bits per heavy atom. The van der Waals surface area contributed by atoms with Gasteiger partial charge in [-0.15, -0.1) is 11.3 Å². The van der Waals surface area contributed by atoms with Crippen molar-refractivity contribution in [1.82, 2.24) is 9.80 Å². The van der Waals surface area contributed by atoms with E-state index in [1.54, 1.807) is 11.3 Å². The molecule has 0 unspecified atom stereocenters. The van der Waals surface area contributed by atoms with Gasteiger partial charge in [0.25, 0.3) is 5.91 Å². The van der Waals surface area contributed by atoms with Crippen LogP contribution in [0.3, 0.4) is 0 Å². The fourth-order valence-corrected chi connectivity index (χ4v) is 6.49. The first kappa shape index (κ1) is 25.9. The molecule has 5 rings (SSSR count). The molecule has 1 amide bonds. The van der Waals surface area contributed by atoms with Crippen molar-refractivity contribution in [3.63, 3.8) is 0 Å². The molecule has 0 radical (unpaired) electrons. The van der Waals surface area contributed by atoms with Crippen molar-refractivity contribution in [2.75, 3.05) is 39.4 Å². The molecule has 0 saturated carbocycles. The molecule has 1 saturated heterocycles. The number of ether oxygens (including phenoxy) is 2. The molecule has 0 aliphatic carbocycles. The van der Waals surface area contributed by atoms with Gasteiger partial charge in [-0.2, -0.15) is 0 Å². The standard InChI is InChI=1S/C30H36N2O4S/c1-2-35-30-24(12-8-18-33)25(26-21-37-28-13-7-6-11-23(26)28)19-27(36-30)29(34)32-16-14-31(15-17-32)20-22-9-4-3-5-10-22/h3-7,9-11,13,19,21,24-25,30,33H,2,8,12,14-18,20H2,1H3/t24-,25-,30+/m0/s1. The molecule has 1 fully saturated rings. The highest BCUT2D eigenvalue weighted by atomic mass is 32.1. The predicted molar refractivity (Wildman–Crippen MR) is 147 cm³/mol. The molecule has 3 atom stereocenters. The predicted octanol–water partition coefficient (Wildman–Crippen LogP) is 4.99. The lowest BCUT2D eigenvalue weighted by Crippen LogP contribution is -2.49. The Morgan fingerprint density at radius 3 is 2.59 bits per heavy atom. The van der Waals surface area contributed by atoms with Crippen LogP contribution in [0.1, 0.15) is 36.8 Å². The van der Waals surface area contributed by atoms with Crippen molar-refractivity contribution in [2.45, 2.75) is 38.5 Å². The molecular weight excluding hydrogens is 484 g/mol. The number of piperazine rings is 1. The largest absolute Gasteiger partial charge is 0.459 e. The molecule has 3 aromatic rings. The van der Waals surface area contributed by atoms with Gasteiger partial charge in [-0.3, -0.25) is 9.69 Å². The van der Waals surface area contributed by atoms with Crippen LogP contribution in [0.2, 0.25) is 0 Å². The summed E-state index contributed by atoms with van der Waals surface area (Å²) in [4.78, 5) is 18.0. The molecule has 2 aliphatic rings. The van der Waals surface area contributed by atoms with E-state index >= 15 is 0 Å². The van der Waals surface area contributed by atoms with E-state index in [-0.39, 0.29) is 24.3 Å². The number of fused-ring (bicyclic) bond motifs is 1. The van der Waals surface area contributed by atoms with Gasteiger partial charge in [-0.1, -0.05) is 48.5 Å². The lowest BCUT2D eigenvalue weighted by atomic mass is 9.80. The molecule has 2 aromatic carbocycles. The number of rotatable bonds is 9. The molecule has 0 spiro atoms. The Bertz CT molecular complexity index is 1200. The summed E-state index contributed by atoms with van der Waals surface area (Å²) >= 11 is 1.73. The SMILES string of the molecule is CCO[C@@H]1OC(C(=O)N2CCN(Cc3ccccc3)CC2)=C[C@H](c2csc3ccccc23)[C@@H]1CCCO. The van der Waals surface area contributed by atoms with Gasteiger partial charge < -0.3 is 19.5 Å². The van der Waals surface area contributed by atoms with Crippen LogP contribution in [0.5, 0.6) is 0 Å². The number of thiophene rings is 1. The number of carbonyl (C=O) groups excluding carboxylic acids is 1. The maximum atomic E-state index is 13.7. The van der Waals surface area contributed by atoms with E-state index in [1.807, 2.05) is 24.0 Å². The topological polar surface area (TPSA) is 62.2 Å². The third kappa shape index (κ3) is 5.91. The van der Waals surface area contributed by atoms with Crippen LogP contribution in [0.25, 0.3) is 10.1 Å². The lowest BCUT2D eigenvalue weighted by molar-refractivity contribution is -0.170. The number of amides is 1. The van der Waals surface area contributed by atoms with Gasteiger partial charge in [0.15, 0.2) is 5.76 Å². The molecule has 1 aromatic heterocycles. The summed E-state index contributed by atoms with van der Waals surface area (Å²) in [7, 11) is 0. The number of aliphatic hydroxyl groups excluding tert-OH is 1. The van der Waals surface area contributed by atoms with Crippen LogP contribution >= 0.6 is 11.3 Å². The van der Waals surface area contributed by atoms with E-state index in [2.05, 4.69) is 58.8 Å². The second-order valence-corrected chi connectivity index (χ2v) is 10.7. The van der Waals surface area contributed by atoms with E-state index in [0.717, 1.165) is 26.1 Å². The van der Waals surface area contributed by atoms with Crippen LogP contribution in [-0.4, -0.2) is 66.5 Å². The summed E-state index contributed by atoms with van der Waals surface area (Å²) in [5.74, 6) is 0.320. The highest BCUT2D eigenvalue weighted by molar-refractivity contribution is 7.17. The van der Waals surface area contributed by atoms with E-state index < -0.39 is 6.29 Å². The summed E-state index contributed by atoms with van der Waals surface area (Å²) in [6, 6.07) is 18.9. The van der Waals surface area contributed by atoms with Gasteiger partial charge in [0.2, 0.25) is 6.29 Å². The first-order valence-corrected chi connectivity index (χ1v) is 14.2. The number of benzene rings is 2. The summed E-state index contributed by atoms with van der Waals surface area (Å²) in [6.45, 7) is 6.48. The van der Waals surface area contributed by atoms with Crippen LogP contribution in [0, 0.1) is 5.92 Å². The smallest absolute Gasteiger partial charge is 0.288 e. The fraction of sp³-hybridized carbons (Fsp3) is 0.433. The number of aliphatic hydroxyl groups is 1. The lowest BCUT2D eigenvalue weighted by Gasteiger charge is -2.39. The van der Waals surface area contributed by atoms with Crippen LogP contribution in [-0.2, 0) is 20.8 Å². The third-order valence-corrected chi connectivity index (χ3v) is 8.38. The minimum Gasteiger partial charge on any atom is -0.459 e. The number of hydrogen-bond acceptors (Lipinski definition) is 6. The highest BCUT2D eigenvalue weighted by Gasteiger charge is 2.40. The number of allylic oxidation sites excluding steroid dienone is 1. The van der Waals surface area contributed by atoms with Crippen LogP contribution < -0.4 is 0 Å². The van der Waals surface area contributed by atoms with Crippen molar-refractivity contribution in [2.24, 2.45) is 5.92 Å². The molecule has 196 valence electrons. The quantitative estimate of drug-likeness (QED) is 0.431. The average Bonchev–Trinajstić information content (AvgIpc) is 3.37. The normalized spacial score (nSPS) is 22.6. The Morgan fingerprint density at radius 1 is 1.08 bits per heavy atom. The minimum atomic E-state index is -0.525. The molecule has 7 heteroatoms. The summed E-state index contributed by atoms with van der Waals surface area (Å²) in [6.07, 6.45) is 2.91. The molecule has 2 aliphatic heterocycles. The zero-order valence-electron chi connectivity index (χ0n) is 21.4. The monoisotopic (exact) mass is 520 g/mol. The minimum absolute atomic E-state index is 0.0179. The number of hydrogen-bond donors (Lipinski definition) is 1. The zero-order chi connectivity index (χ0) is 25.6. The van der Waals surface area contributed by atoms with Crippen molar-refractivity contribution >= 4 is 27.3 Å². The van der Waals surface area contributed by atoms with E-state index in [0.29, 0.717) is 31.9 Å². The van der Waals surface area contributed by atoms with Crippen LogP contribution in [0.4, 0.5) is 0 Å². The summed E-state index contributed by atoms with van der Waals surface area (Å²) < 4.78 is 13.6. The van der Waals surface area contributed by atoms with Gasteiger partial charge in [-0.05, 0) is 53.8 Å². The Kier molecular flexibility index (Phi) is 8.56. The second kappa shape index (κ2) is 12.2. The van der Waals surface area contributed by atoms with Gasteiger partial charge >= 0.3 is 0 Å². The summed E-state index contributed by atoms with van der Waals surface area (Å²) in [5.41, 5.74) is 2.49. The zero-order valence-corrected chi connectivity index (χ0v) is 22.2. The number of nitrogens with zero attached hydrogens (tertiary/aromatic N) is 2. The molecule has 37 heavy (non-hydrogen) atoms. The Balaban J connectivity index is 1.37. The van der Waals surface area contributed by atoms with Gasteiger partial charge in [0.1, 0.15) is 0 Å². The Hall–Kier alpha value is -2.71. The maximum absolute atomic E-state index is 13.7. The van der Waals surface area contributed by atoms with Gasteiger partial charge in [0.05, 0.1) is 0 Å². The van der Waals surface area contributed by atoms with Crippen molar-refractivity contribution in [1.29, 1.82) is 0 Å². The number of carbonyl (C=O) groups is 1. The maximum Gasteiger partial charge on any atom is 0.288 e. The van der Waals surface area contributed by atoms with E-state index in [4.69, 9.17) is 9.47 Å². The molecule has 3 heterocycles. The molecule has 1 N–H and O–H groups in total. The fourth-order valence-electron chi connectivity index (χ4n) is 5.48.